The van der Waals surface area contributed by atoms with Crippen molar-refractivity contribution in [1.29, 1.82) is 0 Å². The predicted octanol–water partition coefficient (Wildman–Crippen LogP) is 0.861. The number of nitrogens with one attached hydrogen (secondary N) is 1. The van der Waals surface area contributed by atoms with Crippen molar-refractivity contribution >= 4 is 16.9 Å². The van der Waals surface area contributed by atoms with Gasteiger partial charge in [0, 0.05) is 20.1 Å². The number of methoxy groups -OCH3 is 1. The summed E-state index contributed by atoms with van der Waals surface area (Å²) in [6, 6.07) is 7.47. The number of nitrogens with zero attached hydrogens (tertiary/aromatic N) is 2. The van der Waals surface area contributed by atoms with E-state index in [0.29, 0.717) is 26.1 Å². The third-order valence-electron chi connectivity index (χ3n) is 3.41. The topological polar surface area (TPSA) is 82.2 Å². The molecule has 1 amide bonds. The van der Waals surface area contributed by atoms with E-state index in [4.69, 9.17) is 10.5 Å². The summed E-state index contributed by atoms with van der Waals surface area (Å²) in [6.45, 7) is 3.37. The Morgan fingerprint density at radius 2 is 2.24 bits per heavy atom. The molecule has 0 saturated heterocycles. The molecule has 1 heterocycles. The van der Waals surface area contributed by atoms with Crippen molar-refractivity contribution in [3.8, 4) is 0 Å². The van der Waals surface area contributed by atoms with Crippen molar-refractivity contribution in [1.82, 2.24) is 14.9 Å². The molecule has 1 unspecified atom stereocenters. The molecule has 21 heavy (non-hydrogen) atoms. The monoisotopic (exact) mass is 290 g/mol. The molecule has 6 nitrogen and oxygen atoms in total. The summed E-state index contributed by atoms with van der Waals surface area (Å²) in [6.07, 6.45) is 0.643. The first-order valence-electron chi connectivity index (χ1n) is 7.11. The van der Waals surface area contributed by atoms with E-state index in [1.165, 1.54) is 0 Å². The summed E-state index contributed by atoms with van der Waals surface area (Å²) < 4.78 is 6.91. The Hall–Kier alpha value is -1.92. The van der Waals surface area contributed by atoms with E-state index in [-0.39, 0.29) is 11.9 Å². The van der Waals surface area contributed by atoms with Crippen molar-refractivity contribution in [2.45, 2.75) is 19.4 Å². The SMILES string of the molecule is COCCNC(=O)C(C)n1c(CCN)nc2ccccc21. The summed E-state index contributed by atoms with van der Waals surface area (Å²) in [7, 11) is 1.61. The summed E-state index contributed by atoms with van der Waals surface area (Å²) in [5, 5.41) is 2.86. The van der Waals surface area contributed by atoms with Crippen molar-refractivity contribution in [2.75, 3.05) is 26.8 Å². The highest BCUT2D eigenvalue weighted by molar-refractivity contribution is 5.84. The van der Waals surface area contributed by atoms with Crippen LogP contribution in [-0.4, -0.2) is 42.3 Å². The van der Waals surface area contributed by atoms with Gasteiger partial charge in [-0.15, -0.1) is 0 Å². The van der Waals surface area contributed by atoms with Gasteiger partial charge in [-0.1, -0.05) is 12.1 Å². The summed E-state index contributed by atoms with van der Waals surface area (Å²) in [4.78, 5) is 16.9. The zero-order valence-electron chi connectivity index (χ0n) is 12.5. The van der Waals surface area contributed by atoms with Crippen LogP contribution in [0.3, 0.4) is 0 Å². The second-order valence-electron chi connectivity index (χ2n) is 4.89. The molecule has 0 aliphatic carbocycles. The minimum atomic E-state index is -0.337. The van der Waals surface area contributed by atoms with Crippen molar-refractivity contribution in [3.63, 3.8) is 0 Å². The largest absolute Gasteiger partial charge is 0.383 e. The second-order valence-corrected chi connectivity index (χ2v) is 4.89. The zero-order valence-corrected chi connectivity index (χ0v) is 12.5. The van der Waals surface area contributed by atoms with E-state index in [2.05, 4.69) is 10.3 Å². The van der Waals surface area contributed by atoms with Crippen LogP contribution in [0.2, 0.25) is 0 Å². The standard InChI is InChI=1S/C15H22N4O2/c1-11(15(20)17-9-10-21-2)19-13-6-4-3-5-12(13)18-14(19)7-8-16/h3-6,11H,7-10,16H2,1-2H3,(H,17,20). The smallest absolute Gasteiger partial charge is 0.242 e. The molecule has 1 aromatic carbocycles. The average Bonchev–Trinajstić information content (AvgIpc) is 2.85. The highest BCUT2D eigenvalue weighted by Crippen LogP contribution is 2.21. The van der Waals surface area contributed by atoms with Gasteiger partial charge in [-0.05, 0) is 25.6 Å². The number of rotatable bonds is 7. The third-order valence-corrected chi connectivity index (χ3v) is 3.41. The van der Waals surface area contributed by atoms with Crippen LogP contribution in [-0.2, 0) is 16.0 Å². The molecular weight excluding hydrogens is 268 g/mol. The minimum Gasteiger partial charge on any atom is -0.383 e. The highest BCUT2D eigenvalue weighted by Gasteiger charge is 2.20. The Labute approximate surface area is 124 Å². The number of ether oxygens (including phenoxy) is 1. The molecule has 0 saturated carbocycles. The molecule has 0 spiro atoms. The molecule has 0 fully saturated rings. The van der Waals surface area contributed by atoms with Crippen LogP contribution >= 0.6 is 0 Å². The Morgan fingerprint density at radius 3 is 2.95 bits per heavy atom. The quantitative estimate of drug-likeness (QED) is 0.741. The number of carbonyl (C=O) groups is 1. The fourth-order valence-corrected chi connectivity index (χ4v) is 2.37. The van der Waals surface area contributed by atoms with Crippen molar-refractivity contribution in [2.24, 2.45) is 5.73 Å². The maximum Gasteiger partial charge on any atom is 0.242 e. The summed E-state index contributed by atoms with van der Waals surface area (Å²) >= 11 is 0. The Balaban J connectivity index is 2.29. The van der Waals surface area contributed by atoms with E-state index in [0.717, 1.165) is 16.9 Å². The fourth-order valence-electron chi connectivity index (χ4n) is 2.37. The van der Waals surface area contributed by atoms with Gasteiger partial charge in [0.2, 0.25) is 5.91 Å². The zero-order chi connectivity index (χ0) is 15.2. The first-order valence-corrected chi connectivity index (χ1v) is 7.11. The van der Waals surface area contributed by atoms with Gasteiger partial charge in [0.15, 0.2) is 0 Å². The number of nitrogens with two attached hydrogens (primary N) is 1. The van der Waals surface area contributed by atoms with Gasteiger partial charge in [-0.3, -0.25) is 4.79 Å². The number of benzene rings is 1. The lowest BCUT2D eigenvalue weighted by Gasteiger charge is -2.17. The predicted molar refractivity (Wildman–Crippen MR) is 82.1 cm³/mol. The second kappa shape index (κ2) is 7.19. The number of aromatic nitrogens is 2. The Bertz CT molecular complexity index is 609. The van der Waals surface area contributed by atoms with Crippen LogP contribution in [0.5, 0.6) is 0 Å². The van der Waals surface area contributed by atoms with Gasteiger partial charge in [0.1, 0.15) is 11.9 Å². The number of hydrogen-bond donors (Lipinski definition) is 2. The van der Waals surface area contributed by atoms with Gasteiger partial charge in [-0.2, -0.15) is 0 Å². The van der Waals surface area contributed by atoms with Crippen molar-refractivity contribution < 1.29 is 9.53 Å². The lowest BCUT2D eigenvalue weighted by atomic mass is 10.2. The van der Waals surface area contributed by atoms with Crippen molar-refractivity contribution in [3.05, 3.63) is 30.1 Å². The van der Waals surface area contributed by atoms with Gasteiger partial charge >= 0.3 is 0 Å². The Kier molecular flexibility index (Phi) is 5.30. The number of carbonyl (C=O) groups excluding carboxylic acids is 1. The molecule has 3 N–H and O–H groups in total. The molecular formula is C15H22N4O2. The maximum atomic E-state index is 12.3. The number of para-hydroxylation sites is 2. The number of fused-ring (bicyclic) bond motifs is 1. The average molecular weight is 290 g/mol. The Morgan fingerprint density at radius 1 is 1.48 bits per heavy atom. The van der Waals surface area contributed by atoms with Gasteiger partial charge in [0.25, 0.3) is 0 Å². The van der Waals surface area contributed by atoms with Gasteiger partial charge in [-0.25, -0.2) is 4.98 Å². The lowest BCUT2D eigenvalue weighted by molar-refractivity contribution is -0.124. The highest BCUT2D eigenvalue weighted by atomic mass is 16.5. The van der Waals surface area contributed by atoms with Gasteiger partial charge in [0.05, 0.1) is 17.6 Å². The van der Waals surface area contributed by atoms with E-state index < -0.39 is 0 Å². The molecule has 6 heteroatoms. The van der Waals surface area contributed by atoms with Crippen LogP contribution in [0.4, 0.5) is 0 Å². The first kappa shape index (κ1) is 15.5. The van der Waals surface area contributed by atoms with Crippen LogP contribution < -0.4 is 11.1 Å². The van der Waals surface area contributed by atoms with E-state index in [1.807, 2.05) is 35.8 Å². The molecule has 114 valence electrons. The van der Waals surface area contributed by atoms with E-state index in [1.54, 1.807) is 7.11 Å². The minimum absolute atomic E-state index is 0.0477. The van der Waals surface area contributed by atoms with Gasteiger partial charge < -0.3 is 20.4 Å². The molecule has 0 bridgehead atoms. The molecule has 1 aromatic heterocycles. The molecule has 1 atom stereocenters. The summed E-state index contributed by atoms with van der Waals surface area (Å²) in [5.41, 5.74) is 7.50. The van der Waals surface area contributed by atoms with E-state index in [9.17, 15) is 4.79 Å². The van der Waals surface area contributed by atoms with Crippen LogP contribution in [0, 0.1) is 0 Å². The third kappa shape index (κ3) is 3.40. The van der Waals surface area contributed by atoms with Crippen LogP contribution in [0.1, 0.15) is 18.8 Å². The van der Waals surface area contributed by atoms with Crippen LogP contribution in [0.25, 0.3) is 11.0 Å². The lowest BCUT2D eigenvalue weighted by Crippen LogP contribution is -2.34. The molecule has 2 aromatic rings. The maximum absolute atomic E-state index is 12.3. The number of amides is 1. The molecule has 0 aliphatic rings. The molecule has 2 rings (SSSR count). The number of hydrogen-bond acceptors (Lipinski definition) is 4. The fraction of sp³-hybridized carbons (Fsp3) is 0.467. The molecule has 0 aliphatic heterocycles. The van der Waals surface area contributed by atoms with E-state index >= 15 is 0 Å². The number of imidazole rings is 1. The normalized spacial score (nSPS) is 12.5. The van der Waals surface area contributed by atoms with Crippen LogP contribution in [0.15, 0.2) is 24.3 Å². The molecule has 0 radical (unpaired) electrons. The first-order chi connectivity index (χ1) is 10.2. The summed E-state index contributed by atoms with van der Waals surface area (Å²) in [5.74, 6) is 0.793.